The van der Waals surface area contributed by atoms with E-state index in [4.69, 9.17) is 16.3 Å². The molecule has 0 spiro atoms. The highest BCUT2D eigenvalue weighted by Gasteiger charge is 2.58. The summed E-state index contributed by atoms with van der Waals surface area (Å²) in [6, 6.07) is 7.78. The van der Waals surface area contributed by atoms with Gasteiger partial charge < -0.3 is 4.74 Å². The number of hydrogen-bond acceptors (Lipinski definition) is 3. The van der Waals surface area contributed by atoms with Crippen molar-refractivity contribution >= 4 is 21.4 Å². The first-order valence-corrected chi connectivity index (χ1v) is 10.4. The summed E-state index contributed by atoms with van der Waals surface area (Å²) in [5.41, 5.74) is -0.164. The zero-order valence-electron chi connectivity index (χ0n) is 13.8. The molecule has 0 radical (unpaired) electrons. The minimum atomic E-state index is -4.00. The van der Waals surface area contributed by atoms with Crippen molar-refractivity contribution in [1.29, 1.82) is 0 Å². The molecule has 1 heterocycles. The molecule has 1 saturated carbocycles. The molecule has 0 saturated heterocycles. The number of hydrogen-bond donors (Lipinski definition) is 0. The molecule has 0 N–H and O–H groups in total. The van der Waals surface area contributed by atoms with Crippen LogP contribution in [0.15, 0.2) is 41.3 Å². The van der Waals surface area contributed by atoms with E-state index in [0.29, 0.717) is 17.9 Å². The monoisotopic (exact) mass is 398 g/mol. The summed E-state index contributed by atoms with van der Waals surface area (Å²) in [6.07, 6.45) is 2.28. The van der Waals surface area contributed by atoms with Gasteiger partial charge in [-0.2, -0.15) is 0 Å². The van der Waals surface area contributed by atoms with Crippen molar-refractivity contribution in [3.8, 4) is 5.75 Å². The minimum Gasteiger partial charge on any atom is -0.490 e. The molecule has 2 aliphatic rings. The van der Waals surface area contributed by atoms with Gasteiger partial charge in [0.2, 0.25) is 0 Å². The van der Waals surface area contributed by atoms with E-state index >= 15 is 0 Å². The van der Waals surface area contributed by atoms with E-state index in [9.17, 15) is 17.2 Å². The Bertz CT molecular complexity index is 959. The lowest BCUT2D eigenvalue weighted by molar-refractivity contribution is 0.124. The van der Waals surface area contributed by atoms with Crippen molar-refractivity contribution in [2.24, 2.45) is 5.92 Å². The molecule has 1 aliphatic carbocycles. The average Bonchev–Trinajstić information content (AvgIpc) is 2.64. The second-order valence-corrected chi connectivity index (χ2v) is 9.48. The smallest absolute Gasteiger partial charge is 0.188 e. The maximum absolute atomic E-state index is 14.8. The van der Waals surface area contributed by atoms with E-state index in [2.05, 4.69) is 0 Å². The molecule has 2 aromatic rings. The van der Waals surface area contributed by atoms with Crippen molar-refractivity contribution in [1.82, 2.24) is 0 Å². The summed E-state index contributed by atoms with van der Waals surface area (Å²) in [7, 11) is -4.00. The lowest BCUT2D eigenvalue weighted by Gasteiger charge is -2.47. The third kappa shape index (κ3) is 2.38. The van der Waals surface area contributed by atoms with E-state index in [1.807, 2.05) is 0 Å². The van der Waals surface area contributed by atoms with Crippen LogP contribution in [0, 0.1) is 17.6 Å². The predicted octanol–water partition coefficient (Wildman–Crippen LogP) is 4.87. The Morgan fingerprint density at radius 3 is 2.46 bits per heavy atom. The van der Waals surface area contributed by atoms with Gasteiger partial charge in [0, 0.05) is 10.9 Å². The summed E-state index contributed by atoms with van der Waals surface area (Å²) in [5.74, 6) is -2.19. The molecule has 0 bridgehead atoms. The molecule has 4 rings (SSSR count). The first-order valence-electron chi connectivity index (χ1n) is 8.49. The number of benzene rings is 2. The summed E-state index contributed by atoms with van der Waals surface area (Å²) in [4.78, 5) is 0.0605. The van der Waals surface area contributed by atoms with Gasteiger partial charge in [-0.1, -0.05) is 24.4 Å². The first-order chi connectivity index (χ1) is 12.4. The highest BCUT2D eigenvalue weighted by atomic mass is 35.5. The lowest BCUT2D eigenvalue weighted by Crippen LogP contribution is -2.50. The van der Waals surface area contributed by atoms with Gasteiger partial charge in [-0.15, -0.1) is 0 Å². The number of ether oxygens (including phenoxy) is 1. The molecule has 0 unspecified atom stereocenters. The van der Waals surface area contributed by atoms with Crippen molar-refractivity contribution in [3.63, 3.8) is 0 Å². The molecule has 2 aromatic carbocycles. The molecule has 0 amide bonds. The van der Waals surface area contributed by atoms with E-state index in [1.165, 1.54) is 24.3 Å². The zero-order valence-corrected chi connectivity index (χ0v) is 15.4. The van der Waals surface area contributed by atoms with E-state index in [1.54, 1.807) is 0 Å². The molecular formula is C19H17ClF2O3S. The SMILES string of the molecule is O=S(=O)(c1ccc(Cl)cc1)[C@@]12CCCC[C@@H]1COc1c(F)ccc(F)c12. The summed E-state index contributed by atoms with van der Waals surface area (Å²) >= 11 is 5.89. The van der Waals surface area contributed by atoms with Gasteiger partial charge in [0.1, 0.15) is 10.6 Å². The van der Waals surface area contributed by atoms with Gasteiger partial charge in [-0.3, -0.25) is 0 Å². The van der Waals surface area contributed by atoms with Crippen LogP contribution in [0.25, 0.3) is 0 Å². The standard InChI is InChI=1S/C19H17ClF2O3S/c20-13-4-6-14(7-5-13)26(23,24)19-10-2-1-3-12(19)11-25-18-16(22)9-8-15(21)17(18)19/h4-9,12H,1-3,10-11H2/t12-,19+/m1/s1. The predicted molar refractivity (Wildman–Crippen MR) is 94.1 cm³/mol. The third-order valence-electron chi connectivity index (χ3n) is 5.52. The highest BCUT2D eigenvalue weighted by molar-refractivity contribution is 7.92. The molecular weight excluding hydrogens is 382 g/mol. The van der Waals surface area contributed by atoms with Crippen molar-refractivity contribution in [2.75, 3.05) is 6.61 Å². The topological polar surface area (TPSA) is 43.4 Å². The largest absolute Gasteiger partial charge is 0.490 e. The van der Waals surface area contributed by atoms with Crippen LogP contribution in [0.1, 0.15) is 31.2 Å². The lowest BCUT2D eigenvalue weighted by atomic mass is 9.73. The molecule has 1 fully saturated rings. The highest BCUT2D eigenvalue weighted by Crippen LogP contribution is 2.56. The molecule has 1 aliphatic heterocycles. The van der Waals surface area contributed by atoms with Gasteiger partial charge in [-0.25, -0.2) is 17.2 Å². The van der Waals surface area contributed by atoms with Crippen LogP contribution in [-0.2, 0) is 14.6 Å². The first kappa shape index (κ1) is 17.7. The van der Waals surface area contributed by atoms with Crippen LogP contribution in [-0.4, -0.2) is 15.0 Å². The normalized spacial score (nSPS) is 25.1. The third-order valence-corrected chi connectivity index (χ3v) is 8.37. The van der Waals surface area contributed by atoms with E-state index in [-0.39, 0.29) is 29.2 Å². The van der Waals surface area contributed by atoms with Crippen molar-refractivity contribution in [3.05, 3.63) is 58.6 Å². The fourth-order valence-corrected chi connectivity index (χ4v) is 6.87. The van der Waals surface area contributed by atoms with Crippen LogP contribution in [0.5, 0.6) is 5.75 Å². The van der Waals surface area contributed by atoms with Gasteiger partial charge >= 0.3 is 0 Å². The van der Waals surface area contributed by atoms with Gasteiger partial charge in [0.25, 0.3) is 0 Å². The maximum Gasteiger partial charge on any atom is 0.188 e. The molecule has 0 aromatic heterocycles. The molecule has 3 nitrogen and oxygen atoms in total. The van der Waals surface area contributed by atoms with Crippen LogP contribution in [0.2, 0.25) is 5.02 Å². The van der Waals surface area contributed by atoms with Gasteiger partial charge in [0.05, 0.1) is 17.1 Å². The second kappa shape index (κ2) is 6.20. The fourth-order valence-electron chi connectivity index (χ4n) is 4.33. The van der Waals surface area contributed by atoms with Gasteiger partial charge in [0.15, 0.2) is 21.4 Å². The Kier molecular flexibility index (Phi) is 4.23. The number of halogens is 3. The summed E-state index contributed by atoms with van der Waals surface area (Å²) < 4.78 is 60.5. The van der Waals surface area contributed by atoms with Crippen molar-refractivity contribution < 1.29 is 21.9 Å². The van der Waals surface area contributed by atoms with Crippen LogP contribution in [0.3, 0.4) is 0 Å². The van der Waals surface area contributed by atoms with Crippen LogP contribution < -0.4 is 4.74 Å². The minimum absolute atomic E-state index is 0.0557. The molecule has 26 heavy (non-hydrogen) atoms. The Labute approximate surface area is 155 Å². The Morgan fingerprint density at radius 1 is 1.04 bits per heavy atom. The van der Waals surface area contributed by atoms with Crippen LogP contribution in [0.4, 0.5) is 8.78 Å². The Morgan fingerprint density at radius 2 is 1.73 bits per heavy atom. The van der Waals surface area contributed by atoms with Crippen molar-refractivity contribution in [2.45, 2.75) is 35.3 Å². The van der Waals surface area contributed by atoms with E-state index < -0.39 is 32.1 Å². The summed E-state index contributed by atoms with van der Waals surface area (Å²) in [5, 5.41) is 0.409. The fraction of sp³-hybridized carbons (Fsp3) is 0.368. The number of rotatable bonds is 2. The number of sulfone groups is 1. The number of fused-ring (bicyclic) bond motifs is 3. The molecule has 138 valence electrons. The molecule has 2 atom stereocenters. The maximum atomic E-state index is 14.8. The Balaban J connectivity index is 2.02. The van der Waals surface area contributed by atoms with E-state index in [0.717, 1.165) is 18.6 Å². The van der Waals surface area contributed by atoms with Crippen LogP contribution >= 0.6 is 11.6 Å². The average molecular weight is 399 g/mol. The summed E-state index contributed by atoms with van der Waals surface area (Å²) in [6.45, 7) is 0.0557. The molecule has 7 heteroatoms. The second-order valence-electron chi connectivity index (χ2n) is 6.83. The Hall–Kier alpha value is -1.66. The quantitative estimate of drug-likeness (QED) is 0.724. The zero-order chi connectivity index (χ0) is 18.5. The van der Waals surface area contributed by atoms with Gasteiger partial charge in [-0.05, 0) is 49.2 Å².